The van der Waals surface area contributed by atoms with Crippen molar-refractivity contribution in [1.82, 2.24) is 9.97 Å². The van der Waals surface area contributed by atoms with Crippen LogP contribution in [0.15, 0.2) is 35.6 Å². The van der Waals surface area contributed by atoms with Gasteiger partial charge in [0.1, 0.15) is 46.0 Å². The third-order valence-corrected chi connectivity index (χ3v) is 7.49. The molecule has 0 spiro atoms. The number of thiophene rings is 1. The molecule has 0 radical (unpaired) electrons. The zero-order valence-corrected chi connectivity index (χ0v) is 16.2. The van der Waals surface area contributed by atoms with Gasteiger partial charge in [-0.3, -0.25) is 0 Å². The molecule has 146 valence electrons. The van der Waals surface area contributed by atoms with Gasteiger partial charge in [0.05, 0.1) is 12.0 Å². The largest absolute Gasteiger partial charge is 0.394 e. The summed E-state index contributed by atoms with van der Waals surface area (Å²) >= 11 is 2.80. The highest BCUT2D eigenvalue weighted by Gasteiger charge is 2.44. The highest BCUT2D eigenvalue weighted by Crippen LogP contribution is 2.48. The Morgan fingerprint density at radius 3 is 2.75 bits per heavy atom. The van der Waals surface area contributed by atoms with Gasteiger partial charge >= 0.3 is 0 Å². The van der Waals surface area contributed by atoms with E-state index in [1.54, 1.807) is 11.3 Å². The van der Waals surface area contributed by atoms with E-state index in [1.807, 2.05) is 12.1 Å². The molecular formula is C19H18N2O5S2. The van der Waals surface area contributed by atoms with Gasteiger partial charge in [-0.05, 0) is 11.1 Å². The van der Waals surface area contributed by atoms with Crippen LogP contribution in [0.1, 0.15) is 10.4 Å². The lowest BCUT2D eigenvalue weighted by molar-refractivity contribution is -0.205. The summed E-state index contributed by atoms with van der Waals surface area (Å²) in [7, 11) is 0. The number of rotatable bonds is 3. The van der Waals surface area contributed by atoms with E-state index < -0.39 is 36.5 Å². The molecule has 5 atom stereocenters. The topological polar surface area (TPSA) is 116 Å². The van der Waals surface area contributed by atoms with E-state index in [4.69, 9.17) is 4.74 Å². The summed E-state index contributed by atoms with van der Waals surface area (Å²) in [6.45, 7) is -0.456. The molecule has 1 aliphatic carbocycles. The molecule has 3 heterocycles. The lowest BCUT2D eigenvalue weighted by Crippen LogP contribution is -2.57. The molecule has 4 N–H and O–H groups in total. The monoisotopic (exact) mass is 418 g/mol. The molecule has 7 nitrogen and oxygen atoms in total. The van der Waals surface area contributed by atoms with Crippen molar-refractivity contribution in [1.29, 1.82) is 0 Å². The number of aliphatic hydroxyl groups excluding tert-OH is 4. The van der Waals surface area contributed by atoms with Gasteiger partial charge in [-0.25, -0.2) is 9.97 Å². The first-order chi connectivity index (χ1) is 13.6. The van der Waals surface area contributed by atoms with Gasteiger partial charge in [-0.1, -0.05) is 36.0 Å². The first kappa shape index (κ1) is 18.4. The van der Waals surface area contributed by atoms with E-state index in [0.29, 0.717) is 5.03 Å². The fourth-order valence-electron chi connectivity index (χ4n) is 3.82. The lowest BCUT2D eigenvalue weighted by atomic mass is 10.0. The summed E-state index contributed by atoms with van der Waals surface area (Å²) in [6, 6.07) is 8.23. The number of hydrogen-bond acceptors (Lipinski definition) is 9. The molecule has 0 unspecified atom stereocenters. The Balaban J connectivity index is 1.56. The third-order valence-electron chi connectivity index (χ3n) is 5.24. The number of fused-ring (bicyclic) bond motifs is 5. The molecule has 1 fully saturated rings. The van der Waals surface area contributed by atoms with Crippen LogP contribution in [0.3, 0.4) is 0 Å². The molecule has 1 aliphatic heterocycles. The average molecular weight is 418 g/mol. The van der Waals surface area contributed by atoms with E-state index in [0.717, 1.165) is 27.8 Å². The van der Waals surface area contributed by atoms with Crippen LogP contribution in [-0.2, 0) is 11.2 Å². The molecule has 3 aromatic rings. The first-order valence-corrected chi connectivity index (χ1v) is 10.6. The number of hydrogen-bond donors (Lipinski definition) is 4. The van der Waals surface area contributed by atoms with Crippen molar-refractivity contribution < 1.29 is 25.2 Å². The predicted molar refractivity (Wildman–Crippen MR) is 105 cm³/mol. The van der Waals surface area contributed by atoms with Gasteiger partial charge in [-0.15, -0.1) is 11.3 Å². The summed E-state index contributed by atoms with van der Waals surface area (Å²) in [5, 5.41) is 41.4. The molecular weight excluding hydrogens is 400 g/mol. The average Bonchev–Trinajstić information content (AvgIpc) is 3.24. The van der Waals surface area contributed by atoms with Crippen LogP contribution in [-0.4, -0.2) is 66.9 Å². The van der Waals surface area contributed by atoms with Crippen LogP contribution in [0.4, 0.5) is 0 Å². The standard InChI is InChI=1S/C19H18N2O5S2/c22-6-10-14(23)15(24)16(25)19(26-10)28-18-13-12-9-4-2-1-3-8(9)5-11(12)27-17(13)20-7-21-18/h1-4,7,10,14-16,19,22-25H,5-6H2/t10-,14-,15+,16-,19+/m1/s1. The maximum Gasteiger partial charge on any atom is 0.138 e. The second-order valence-electron chi connectivity index (χ2n) is 6.91. The summed E-state index contributed by atoms with van der Waals surface area (Å²) < 4.78 is 5.64. The molecule has 1 saturated heterocycles. The maximum atomic E-state index is 10.4. The third kappa shape index (κ3) is 2.78. The number of thioether (sulfide) groups is 1. The quantitative estimate of drug-likeness (QED) is 0.366. The van der Waals surface area contributed by atoms with E-state index in [9.17, 15) is 20.4 Å². The summed E-state index contributed by atoms with van der Waals surface area (Å²) in [5.41, 5.74) is 2.66. The molecule has 2 aliphatic rings. The van der Waals surface area contributed by atoms with Crippen LogP contribution >= 0.6 is 23.1 Å². The van der Waals surface area contributed by atoms with Crippen LogP contribution in [0.25, 0.3) is 21.3 Å². The Kier molecular flexibility index (Phi) is 4.63. The molecule has 9 heteroatoms. The first-order valence-electron chi connectivity index (χ1n) is 8.90. The van der Waals surface area contributed by atoms with Gasteiger partial charge in [0, 0.05) is 16.9 Å². The number of benzene rings is 1. The van der Waals surface area contributed by atoms with Gasteiger partial charge in [0.25, 0.3) is 0 Å². The minimum atomic E-state index is -1.41. The van der Waals surface area contributed by atoms with E-state index in [2.05, 4.69) is 22.1 Å². The van der Waals surface area contributed by atoms with Crippen molar-refractivity contribution in [3.8, 4) is 11.1 Å². The second kappa shape index (κ2) is 7.03. The molecule has 0 amide bonds. The Labute approximate surface area is 168 Å². The smallest absolute Gasteiger partial charge is 0.138 e. The summed E-state index contributed by atoms with van der Waals surface area (Å²) in [4.78, 5) is 10.9. The number of nitrogens with zero attached hydrogens (tertiary/aromatic N) is 2. The normalized spacial score (nSPS) is 29.1. The van der Waals surface area contributed by atoms with Crippen molar-refractivity contribution in [2.24, 2.45) is 0 Å². The molecule has 0 saturated carbocycles. The van der Waals surface area contributed by atoms with Gasteiger partial charge in [0.2, 0.25) is 0 Å². The summed E-state index contributed by atoms with van der Waals surface area (Å²) in [5.74, 6) is 0. The fraction of sp³-hybridized carbons (Fsp3) is 0.368. The Morgan fingerprint density at radius 1 is 1.11 bits per heavy atom. The zero-order valence-electron chi connectivity index (χ0n) is 14.6. The predicted octanol–water partition coefficient (Wildman–Crippen LogP) is 1.15. The number of aliphatic hydroxyl groups is 4. The van der Waals surface area contributed by atoms with E-state index in [1.165, 1.54) is 28.5 Å². The van der Waals surface area contributed by atoms with Crippen LogP contribution in [0.5, 0.6) is 0 Å². The Hall–Kier alpha value is -1.59. The van der Waals surface area contributed by atoms with E-state index >= 15 is 0 Å². The van der Waals surface area contributed by atoms with Crippen molar-refractivity contribution in [3.05, 3.63) is 41.0 Å². The Morgan fingerprint density at radius 2 is 1.93 bits per heavy atom. The van der Waals surface area contributed by atoms with Gasteiger partial charge in [-0.2, -0.15) is 0 Å². The van der Waals surface area contributed by atoms with E-state index in [-0.39, 0.29) is 0 Å². The van der Waals surface area contributed by atoms with Crippen molar-refractivity contribution >= 4 is 33.3 Å². The second-order valence-corrected chi connectivity index (χ2v) is 9.08. The van der Waals surface area contributed by atoms with Crippen LogP contribution in [0, 0.1) is 0 Å². The van der Waals surface area contributed by atoms with Crippen molar-refractivity contribution in [2.45, 2.75) is 41.3 Å². The molecule has 1 aromatic carbocycles. The Bertz CT molecular complexity index is 1040. The zero-order chi connectivity index (χ0) is 19.4. The molecule has 2 aromatic heterocycles. The molecule has 5 rings (SSSR count). The van der Waals surface area contributed by atoms with Gasteiger partial charge in [0.15, 0.2) is 0 Å². The highest BCUT2D eigenvalue weighted by atomic mass is 32.2. The highest BCUT2D eigenvalue weighted by molar-refractivity contribution is 8.00. The van der Waals surface area contributed by atoms with Crippen LogP contribution in [0.2, 0.25) is 0 Å². The minimum absolute atomic E-state index is 0.456. The SMILES string of the molecule is OC[C@H]1O[C@@H](Sc2ncnc3sc4c(c23)-c2ccccc2C4)[C@H](O)[C@@H](O)[C@@H]1O. The number of ether oxygens (including phenoxy) is 1. The number of aromatic nitrogens is 2. The lowest BCUT2D eigenvalue weighted by Gasteiger charge is -2.39. The minimum Gasteiger partial charge on any atom is -0.394 e. The van der Waals surface area contributed by atoms with Crippen molar-refractivity contribution in [3.63, 3.8) is 0 Å². The van der Waals surface area contributed by atoms with Crippen molar-refractivity contribution in [2.75, 3.05) is 6.61 Å². The molecule has 28 heavy (non-hydrogen) atoms. The van der Waals surface area contributed by atoms with Crippen LogP contribution < -0.4 is 0 Å². The summed E-state index contributed by atoms with van der Waals surface area (Å²) in [6.07, 6.45) is -2.70. The molecule has 0 bridgehead atoms. The fourth-order valence-corrected chi connectivity index (χ4v) is 6.20. The maximum absolute atomic E-state index is 10.4. The van der Waals surface area contributed by atoms with Gasteiger partial charge < -0.3 is 25.2 Å².